The number of ether oxygens (including phenoxy) is 1. The molecule has 1 aliphatic heterocycles. The summed E-state index contributed by atoms with van der Waals surface area (Å²) in [6, 6.07) is 5.37. The zero-order valence-corrected chi connectivity index (χ0v) is 14.8. The average molecular weight is 367 g/mol. The Labute approximate surface area is 151 Å². The van der Waals surface area contributed by atoms with E-state index in [1.165, 1.54) is 6.20 Å². The molecule has 0 atom stereocenters. The van der Waals surface area contributed by atoms with Gasteiger partial charge < -0.3 is 15.8 Å². The van der Waals surface area contributed by atoms with Gasteiger partial charge in [0, 0.05) is 31.5 Å². The van der Waals surface area contributed by atoms with E-state index in [0.29, 0.717) is 33.0 Å². The summed E-state index contributed by atoms with van der Waals surface area (Å²) in [5.41, 5.74) is 7.04. The smallest absolute Gasteiger partial charge is 0.126 e. The van der Waals surface area contributed by atoms with Crippen LogP contribution in [0.25, 0.3) is 11.3 Å². The predicted octanol–water partition coefficient (Wildman–Crippen LogP) is 4.26. The average Bonchev–Trinajstić information content (AvgIpc) is 2.60. The van der Waals surface area contributed by atoms with Crippen molar-refractivity contribution in [2.24, 2.45) is 5.92 Å². The predicted molar refractivity (Wildman–Crippen MR) is 98.6 cm³/mol. The summed E-state index contributed by atoms with van der Waals surface area (Å²) in [7, 11) is 0. The molecule has 5 nitrogen and oxygen atoms in total. The van der Waals surface area contributed by atoms with E-state index in [2.05, 4.69) is 15.3 Å². The summed E-state index contributed by atoms with van der Waals surface area (Å²) in [5.74, 6) is 1.87. The standard InChI is InChI=1S/C17H20Cl2N4O/c18-13-1-2-16(21-6-3-11-4-7-24-8-5-11)23-17(13)12-9-15(20)22-10-14(12)19/h1-2,9-11H,3-8H2,(H2,20,22)(H,21,23). The molecular weight excluding hydrogens is 347 g/mol. The van der Waals surface area contributed by atoms with Crippen LogP contribution in [-0.4, -0.2) is 29.7 Å². The summed E-state index contributed by atoms with van der Waals surface area (Å²) >= 11 is 12.5. The molecule has 0 radical (unpaired) electrons. The van der Waals surface area contributed by atoms with Crippen molar-refractivity contribution in [3.05, 3.63) is 34.4 Å². The van der Waals surface area contributed by atoms with Crippen LogP contribution in [0, 0.1) is 5.92 Å². The van der Waals surface area contributed by atoms with Gasteiger partial charge >= 0.3 is 0 Å². The highest BCUT2D eigenvalue weighted by molar-refractivity contribution is 6.36. The van der Waals surface area contributed by atoms with E-state index >= 15 is 0 Å². The summed E-state index contributed by atoms with van der Waals surface area (Å²) in [6.45, 7) is 2.61. The molecule has 0 aliphatic carbocycles. The van der Waals surface area contributed by atoms with E-state index in [0.717, 1.165) is 44.8 Å². The molecular formula is C17H20Cl2N4O. The highest BCUT2D eigenvalue weighted by Gasteiger charge is 2.14. The highest BCUT2D eigenvalue weighted by atomic mass is 35.5. The molecule has 128 valence electrons. The largest absolute Gasteiger partial charge is 0.384 e. The number of pyridine rings is 2. The van der Waals surface area contributed by atoms with Gasteiger partial charge in [0.2, 0.25) is 0 Å². The van der Waals surface area contributed by atoms with Gasteiger partial charge in [-0.15, -0.1) is 0 Å². The Morgan fingerprint density at radius 1 is 1.21 bits per heavy atom. The molecule has 1 fully saturated rings. The molecule has 3 N–H and O–H groups in total. The van der Waals surface area contributed by atoms with Crippen LogP contribution in [0.15, 0.2) is 24.4 Å². The van der Waals surface area contributed by atoms with Gasteiger partial charge in [-0.25, -0.2) is 9.97 Å². The minimum atomic E-state index is 0.380. The summed E-state index contributed by atoms with van der Waals surface area (Å²) in [5, 5.41) is 4.36. The fourth-order valence-electron chi connectivity index (χ4n) is 2.81. The van der Waals surface area contributed by atoms with Crippen molar-refractivity contribution in [2.45, 2.75) is 19.3 Å². The van der Waals surface area contributed by atoms with E-state index in [4.69, 9.17) is 33.7 Å². The quantitative estimate of drug-likeness (QED) is 0.826. The molecule has 2 aromatic heterocycles. The number of nitrogens with two attached hydrogens (primary N) is 1. The summed E-state index contributed by atoms with van der Waals surface area (Å²) in [6.07, 6.45) is 4.88. The lowest BCUT2D eigenvalue weighted by atomic mass is 9.97. The van der Waals surface area contributed by atoms with Gasteiger partial charge in [-0.1, -0.05) is 23.2 Å². The van der Waals surface area contributed by atoms with Crippen LogP contribution in [0.5, 0.6) is 0 Å². The second-order valence-electron chi connectivity index (χ2n) is 5.89. The molecule has 0 saturated carbocycles. The van der Waals surface area contributed by atoms with Gasteiger partial charge in [-0.2, -0.15) is 0 Å². The van der Waals surface area contributed by atoms with Crippen LogP contribution >= 0.6 is 23.2 Å². The third-order valence-electron chi connectivity index (χ3n) is 4.18. The first-order valence-corrected chi connectivity index (χ1v) is 8.78. The van der Waals surface area contributed by atoms with E-state index in [1.807, 2.05) is 12.1 Å². The number of hydrogen-bond donors (Lipinski definition) is 2. The van der Waals surface area contributed by atoms with Crippen molar-refractivity contribution < 1.29 is 4.74 Å². The Bertz CT molecular complexity index is 705. The second kappa shape index (κ2) is 8.01. The van der Waals surface area contributed by atoms with Crippen molar-refractivity contribution in [3.63, 3.8) is 0 Å². The lowest BCUT2D eigenvalue weighted by Crippen LogP contribution is -2.18. The lowest BCUT2D eigenvalue weighted by Gasteiger charge is -2.22. The minimum Gasteiger partial charge on any atom is -0.384 e. The maximum Gasteiger partial charge on any atom is 0.126 e. The maximum absolute atomic E-state index is 6.29. The maximum atomic E-state index is 6.29. The third kappa shape index (κ3) is 4.29. The second-order valence-corrected chi connectivity index (χ2v) is 6.70. The van der Waals surface area contributed by atoms with Crippen LogP contribution in [0.3, 0.4) is 0 Å². The van der Waals surface area contributed by atoms with Gasteiger partial charge in [0.05, 0.1) is 15.7 Å². The van der Waals surface area contributed by atoms with Crippen LogP contribution in [0.2, 0.25) is 10.0 Å². The number of hydrogen-bond acceptors (Lipinski definition) is 5. The number of rotatable bonds is 5. The Hall–Kier alpha value is -1.56. The van der Waals surface area contributed by atoms with E-state index in [1.54, 1.807) is 6.07 Å². The fraction of sp³-hybridized carbons (Fsp3) is 0.412. The van der Waals surface area contributed by atoms with Crippen molar-refractivity contribution in [1.29, 1.82) is 0 Å². The van der Waals surface area contributed by atoms with Gasteiger partial charge in [0.15, 0.2) is 0 Å². The molecule has 24 heavy (non-hydrogen) atoms. The molecule has 1 aliphatic rings. The van der Waals surface area contributed by atoms with Crippen molar-refractivity contribution in [1.82, 2.24) is 9.97 Å². The first-order valence-electron chi connectivity index (χ1n) is 8.03. The molecule has 0 spiro atoms. The zero-order valence-electron chi connectivity index (χ0n) is 13.3. The molecule has 3 heterocycles. The normalized spacial score (nSPS) is 15.4. The Morgan fingerprint density at radius 2 is 2.00 bits per heavy atom. The molecule has 2 aromatic rings. The van der Waals surface area contributed by atoms with Crippen molar-refractivity contribution in [3.8, 4) is 11.3 Å². The van der Waals surface area contributed by atoms with E-state index in [-0.39, 0.29) is 0 Å². The van der Waals surface area contributed by atoms with Crippen molar-refractivity contribution >= 4 is 34.8 Å². The molecule has 1 saturated heterocycles. The number of aromatic nitrogens is 2. The lowest BCUT2D eigenvalue weighted by molar-refractivity contribution is 0.0649. The first kappa shape index (κ1) is 17.3. The number of nitrogens with one attached hydrogen (secondary N) is 1. The zero-order chi connectivity index (χ0) is 16.9. The first-order chi connectivity index (χ1) is 11.6. The van der Waals surface area contributed by atoms with Gasteiger partial charge in [-0.05, 0) is 43.4 Å². The van der Waals surface area contributed by atoms with E-state index < -0.39 is 0 Å². The fourth-order valence-corrected chi connectivity index (χ4v) is 3.21. The van der Waals surface area contributed by atoms with Crippen LogP contribution in [0.4, 0.5) is 11.6 Å². The van der Waals surface area contributed by atoms with Gasteiger partial charge in [-0.3, -0.25) is 0 Å². The van der Waals surface area contributed by atoms with Crippen molar-refractivity contribution in [2.75, 3.05) is 30.8 Å². The molecule has 0 unspecified atom stereocenters. The van der Waals surface area contributed by atoms with Crippen LogP contribution in [-0.2, 0) is 4.74 Å². The van der Waals surface area contributed by atoms with Gasteiger partial charge in [0.1, 0.15) is 11.6 Å². The SMILES string of the molecule is Nc1cc(-c2nc(NCCC3CCOCC3)ccc2Cl)c(Cl)cn1. The summed E-state index contributed by atoms with van der Waals surface area (Å²) in [4.78, 5) is 8.56. The van der Waals surface area contributed by atoms with Crippen LogP contribution < -0.4 is 11.1 Å². The Kier molecular flexibility index (Phi) is 5.76. The van der Waals surface area contributed by atoms with Crippen LogP contribution in [0.1, 0.15) is 19.3 Å². The third-order valence-corrected chi connectivity index (χ3v) is 4.78. The van der Waals surface area contributed by atoms with E-state index in [9.17, 15) is 0 Å². The topological polar surface area (TPSA) is 73.1 Å². The monoisotopic (exact) mass is 366 g/mol. The summed E-state index contributed by atoms with van der Waals surface area (Å²) < 4.78 is 5.39. The van der Waals surface area contributed by atoms with Gasteiger partial charge in [0.25, 0.3) is 0 Å². The number of halogens is 2. The Balaban J connectivity index is 1.70. The molecule has 7 heteroatoms. The Morgan fingerprint density at radius 3 is 2.79 bits per heavy atom. The molecule has 0 aromatic carbocycles. The molecule has 0 bridgehead atoms. The minimum absolute atomic E-state index is 0.380. The highest BCUT2D eigenvalue weighted by Crippen LogP contribution is 2.33. The molecule has 0 amide bonds. The molecule has 3 rings (SSSR count). The number of nitrogens with zero attached hydrogens (tertiary/aromatic N) is 2. The number of anilines is 2. The number of nitrogen functional groups attached to an aromatic ring is 1.